The maximum absolute atomic E-state index is 11.8. The third-order valence-corrected chi connectivity index (χ3v) is 4.00. The van der Waals surface area contributed by atoms with Gasteiger partial charge >= 0.3 is 0 Å². The number of carbonyl (C=O) groups is 1. The van der Waals surface area contributed by atoms with Crippen LogP contribution in [0.5, 0.6) is 0 Å². The van der Waals surface area contributed by atoms with Crippen LogP contribution >= 0.6 is 15.9 Å². The molecular formula is C15H22BrNO. The molecule has 0 saturated heterocycles. The van der Waals surface area contributed by atoms with E-state index in [4.69, 9.17) is 0 Å². The first-order valence-electron chi connectivity index (χ1n) is 6.16. The molecule has 0 aliphatic rings. The second-order valence-electron chi connectivity index (χ2n) is 6.06. The Hall–Kier alpha value is -0.830. The molecule has 0 spiro atoms. The fourth-order valence-electron chi connectivity index (χ4n) is 1.94. The van der Waals surface area contributed by atoms with Gasteiger partial charge in [0.25, 0.3) is 0 Å². The summed E-state index contributed by atoms with van der Waals surface area (Å²) in [5.41, 5.74) is 3.38. The van der Waals surface area contributed by atoms with Crippen LogP contribution < -0.4 is 4.90 Å². The lowest BCUT2D eigenvalue weighted by Crippen LogP contribution is -2.36. The second kappa shape index (κ2) is 5.43. The van der Waals surface area contributed by atoms with Gasteiger partial charge in [-0.25, -0.2) is 0 Å². The van der Waals surface area contributed by atoms with Gasteiger partial charge in [0, 0.05) is 23.6 Å². The highest BCUT2D eigenvalue weighted by Crippen LogP contribution is 2.29. The van der Waals surface area contributed by atoms with Crippen LogP contribution in [0.2, 0.25) is 0 Å². The molecule has 1 rings (SSSR count). The Morgan fingerprint density at radius 2 is 1.67 bits per heavy atom. The molecule has 0 aliphatic carbocycles. The summed E-state index contributed by atoms with van der Waals surface area (Å²) in [5.74, 6) is 0.0889. The highest BCUT2D eigenvalue weighted by molar-refractivity contribution is 9.10. The normalized spacial score (nSPS) is 11.5. The maximum Gasteiger partial charge on any atom is 0.223 e. The number of rotatable bonds is 2. The zero-order chi connectivity index (χ0) is 14.1. The summed E-state index contributed by atoms with van der Waals surface area (Å²) in [6.07, 6.45) is 0. The van der Waals surface area contributed by atoms with Crippen LogP contribution in [0.1, 0.15) is 38.8 Å². The zero-order valence-corrected chi connectivity index (χ0v) is 13.7. The van der Waals surface area contributed by atoms with E-state index >= 15 is 0 Å². The molecule has 0 saturated carbocycles. The molecule has 0 radical (unpaired) electrons. The summed E-state index contributed by atoms with van der Waals surface area (Å²) in [6.45, 7) is 12.9. The van der Waals surface area contributed by atoms with Gasteiger partial charge < -0.3 is 4.90 Å². The first-order chi connectivity index (χ1) is 8.11. The molecule has 2 nitrogen and oxygen atoms in total. The summed E-state index contributed by atoms with van der Waals surface area (Å²) in [4.78, 5) is 13.7. The van der Waals surface area contributed by atoms with Gasteiger partial charge in [-0.2, -0.15) is 0 Å². The van der Waals surface area contributed by atoms with E-state index in [2.05, 4.69) is 62.7 Å². The van der Waals surface area contributed by atoms with E-state index < -0.39 is 0 Å². The van der Waals surface area contributed by atoms with Crippen molar-refractivity contribution in [2.45, 2.75) is 41.5 Å². The van der Waals surface area contributed by atoms with Crippen molar-refractivity contribution in [3.8, 4) is 0 Å². The fourth-order valence-corrected chi connectivity index (χ4v) is 2.17. The highest BCUT2D eigenvalue weighted by Gasteiger charge is 2.20. The molecule has 0 unspecified atom stereocenters. The molecule has 0 fully saturated rings. The minimum Gasteiger partial charge on any atom is -0.312 e. The van der Waals surface area contributed by atoms with Crippen LogP contribution in [0.15, 0.2) is 16.6 Å². The predicted octanol–water partition coefficient (Wildman–Crippen LogP) is 4.46. The zero-order valence-electron chi connectivity index (χ0n) is 12.1. The largest absolute Gasteiger partial charge is 0.312 e. The fraction of sp³-hybridized carbons (Fsp3) is 0.533. The highest BCUT2D eigenvalue weighted by atomic mass is 79.9. The molecule has 0 heterocycles. The Bertz CT molecular complexity index is 437. The van der Waals surface area contributed by atoms with Crippen molar-refractivity contribution in [3.05, 3.63) is 27.7 Å². The topological polar surface area (TPSA) is 20.3 Å². The lowest BCUT2D eigenvalue weighted by molar-refractivity contribution is -0.116. The van der Waals surface area contributed by atoms with Gasteiger partial charge in [0.1, 0.15) is 0 Å². The number of aryl methyl sites for hydroxylation is 2. The number of hydrogen-bond donors (Lipinski definition) is 0. The van der Waals surface area contributed by atoms with E-state index in [-0.39, 0.29) is 11.3 Å². The van der Waals surface area contributed by atoms with E-state index in [1.165, 1.54) is 0 Å². The van der Waals surface area contributed by atoms with Gasteiger partial charge in [0.05, 0.1) is 0 Å². The molecule has 0 aliphatic heterocycles. The Morgan fingerprint density at radius 1 is 1.22 bits per heavy atom. The minimum absolute atomic E-state index is 0.0839. The minimum atomic E-state index is 0.0839. The molecule has 0 atom stereocenters. The van der Waals surface area contributed by atoms with Crippen molar-refractivity contribution in [3.63, 3.8) is 0 Å². The summed E-state index contributed by atoms with van der Waals surface area (Å²) in [7, 11) is 0. The Labute approximate surface area is 119 Å². The van der Waals surface area contributed by atoms with Crippen molar-refractivity contribution in [1.82, 2.24) is 0 Å². The number of halogens is 1. The van der Waals surface area contributed by atoms with Crippen molar-refractivity contribution in [1.29, 1.82) is 0 Å². The molecule has 0 bridgehead atoms. The first-order valence-corrected chi connectivity index (χ1v) is 6.96. The summed E-state index contributed by atoms with van der Waals surface area (Å²) in [6, 6.07) is 4.12. The first kappa shape index (κ1) is 15.2. The van der Waals surface area contributed by atoms with Crippen LogP contribution in [0.3, 0.4) is 0 Å². The Kier molecular flexibility index (Phi) is 4.60. The Morgan fingerprint density at radius 3 is 2.00 bits per heavy atom. The van der Waals surface area contributed by atoms with E-state index in [0.717, 1.165) is 27.8 Å². The molecule has 100 valence electrons. The lowest BCUT2D eigenvalue weighted by Gasteiger charge is -2.30. The molecule has 1 amide bonds. The SMILES string of the molecule is CC(=O)N(CC(C)(C)C)c1cc(C)c(Br)c(C)c1. The van der Waals surface area contributed by atoms with Crippen molar-refractivity contribution in [2.24, 2.45) is 5.41 Å². The van der Waals surface area contributed by atoms with Crippen LogP contribution in [0.4, 0.5) is 5.69 Å². The van der Waals surface area contributed by atoms with Gasteiger partial charge in [-0.15, -0.1) is 0 Å². The van der Waals surface area contributed by atoms with Crippen molar-refractivity contribution >= 4 is 27.5 Å². The summed E-state index contributed by atoms with van der Waals surface area (Å²) < 4.78 is 1.12. The third kappa shape index (κ3) is 3.84. The van der Waals surface area contributed by atoms with Crippen LogP contribution in [0.25, 0.3) is 0 Å². The van der Waals surface area contributed by atoms with E-state index in [1.807, 2.05) is 4.90 Å². The number of benzene rings is 1. The number of hydrogen-bond acceptors (Lipinski definition) is 1. The second-order valence-corrected chi connectivity index (χ2v) is 6.85. The van der Waals surface area contributed by atoms with Crippen LogP contribution in [0, 0.1) is 19.3 Å². The standard InChI is InChI=1S/C15H22BrNO/c1-10-7-13(8-11(2)14(10)16)17(12(3)18)9-15(4,5)6/h7-8H,9H2,1-6H3. The van der Waals surface area contributed by atoms with Gasteiger partial charge in [-0.3, -0.25) is 4.79 Å². The number of carbonyl (C=O) groups excluding carboxylic acids is 1. The molecule has 1 aromatic rings. The molecule has 3 heteroatoms. The smallest absolute Gasteiger partial charge is 0.223 e. The third-order valence-electron chi connectivity index (χ3n) is 2.75. The summed E-state index contributed by atoms with van der Waals surface area (Å²) >= 11 is 3.56. The monoisotopic (exact) mass is 311 g/mol. The van der Waals surface area contributed by atoms with Gasteiger partial charge in [-0.05, 0) is 42.5 Å². The lowest BCUT2D eigenvalue weighted by atomic mass is 9.95. The van der Waals surface area contributed by atoms with Crippen molar-refractivity contribution in [2.75, 3.05) is 11.4 Å². The maximum atomic E-state index is 11.8. The van der Waals surface area contributed by atoms with Gasteiger partial charge in [0.15, 0.2) is 0 Å². The van der Waals surface area contributed by atoms with Gasteiger partial charge in [-0.1, -0.05) is 36.7 Å². The summed E-state index contributed by atoms with van der Waals surface area (Å²) in [5, 5.41) is 0. The number of anilines is 1. The number of amides is 1. The van der Waals surface area contributed by atoms with Crippen molar-refractivity contribution < 1.29 is 4.79 Å². The average Bonchev–Trinajstić information content (AvgIpc) is 2.20. The van der Waals surface area contributed by atoms with Gasteiger partial charge in [0.2, 0.25) is 5.91 Å². The van der Waals surface area contributed by atoms with E-state index in [9.17, 15) is 4.79 Å². The molecule has 1 aromatic carbocycles. The number of nitrogens with zero attached hydrogens (tertiary/aromatic N) is 1. The Balaban J connectivity index is 3.19. The van der Waals surface area contributed by atoms with Crippen LogP contribution in [-0.2, 0) is 4.79 Å². The molecular weight excluding hydrogens is 290 g/mol. The predicted molar refractivity (Wildman–Crippen MR) is 81.1 cm³/mol. The van der Waals surface area contributed by atoms with E-state index in [1.54, 1.807) is 6.92 Å². The molecule has 0 aromatic heterocycles. The quantitative estimate of drug-likeness (QED) is 0.789. The average molecular weight is 312 g/mol. The molecule has 0 N–H and O–H groups in total. The molecule has 18 heavy (non-hydrogen) atoms. The van der Waals surface area contributed by atoms with Crippen LogP contribution in [-0.4, -0.2) is 12.5 Å². The van der Waals surface area contributed by atoms with E-state index in [0.29, 0.717) is 0 Å².